The molecule has 164 valence electrons. The smallest absolute Gasteiger partial charge is 0.248 e. The number of rotatable bonds is 6. The predicted molar refractivity (Wildman–Crippen MR) is 118 cm³/mol. The van der Waals surface area contributed by atoms with Gasteiger partial charge < -0.3 is 19.2 Å². The number of halogens is 1. The summed E-state index contributed by atoms with van der Waals surface area (Å²) in [6, 6.07) is 14.0. The zero-order valence-corrected chi connectivity index (χ0v) is 18.1. The van der Waals surface area contributed by atoms with E-state index < -0.39 is 5.79 Å². The largest absolute Gasteiger partial charge is 0.486 e. The van der Waals surface area contributed by atoms with E-state index in [0.29, 0.717) is 5.75 Å². The SMILES string of the molecule is COC1(OC)CCC(c2cc(F)cc(OC(C)c3ccc4[nH]c(=O)ccc4c3)c2)CC1. The van der Waals surface area contributed by atoms with Crippen LogP contribution in [0.25, 0.3) is 10.9 Å². The molecule has 1 saturated carbocycles. The van der Waals surface area contributed by atoms with Crippen LogP contribution in [0.2, 0.25) is 0 Å². The number of pyridine rings is 1. The van der Waals surface area contributed by atoms with E-state index in [2.05, 4.69) is 4.98 Å². The minimum absolute atomic E-state index is 0.132. The van der Waals surface area contributed by atoms with Gasteiger partial charge >= 0.3 is 0 Å². The summed E-state index contributed by atoms with van der Waals surface area (Å²) in [4.78, 5) is 14.3. The third-order valence-corrected chi connectivity index (χ3v) is 6.39. The molecular weight excluding hydrogens is 397 g/mol. The van der Waals surface area contributed by atoms with Gasteiger partial charge in [-0.3, -0.25) is 4.79 Å². The molecule has 1 N–H and O–H groups in total. The summed E-state index contributed by atoms with van der Waals surface area (Å²) in [7, 11) is 3.34. The van der Waals surface area contributed by atoms with E-state index in [1.807, 2.05) is 31.2 Å². The maximum atomic E-state index is 14.4. The molecule has 0 aliphatic heterocycles. The number of ether oxygens (including phenoxy) is 3. The standard InChI is InChI=1S/C25H28FNO4/c1-16(18-4-6-23-19(12-18)5-7-24(28)27-23)31-22-14-20(13-21(26)15-22)17-8-10-25(29-2,30-3)11-9-17/h4-7,12-17H,8-11H2,1-3H3,(H,27,28). The number of nitrogens with one attached hydrogen (secondary N) is 1. The summed E-state index contributed by atoms with van der Waals surface area (Å²) in [5.74, 6) is -0.0762. The molecule has 6 heteroatoms. The topological polar surface area (TPSA) is 60.6 Å². The Morgan fingerprint density at radius 2 is 1.77 bits per heavy atom. The van der Waals surface area contributed by atoms with Crippen molar-refractivity contribution in [3.63, 3.8) is 0 Å². The third kappa shape index (κ3) is 4.65. The second-order valence-corrected chi connectivity index (χ2v) is 8.24. The van der Waals surface area contributed by atoms with Crippen molar-refractivity contribution in [2.75, 3.05) is 14.2 Å². The molecule has 0 bridgehead atoms. The van der Waals surface area contributed by atoms with Crippen LogP contribution >= 0.6 is 0 Å². The lowest BCUT2D eigenvalue weighted by atomic mass is 9.81. The summed E-state index contributed by atoms with van der Waals surface area (Å²) in [6.07, 6.45) is 3.00. The fourth-order valence-electron chi connectivity index (χ4n) is 4.47. The molecule has 1 fully saturated rings. The lowest BCUT2D eigenvalue weighted by Crippen LogP contribution is -2.37. The lowest BCUT2D eigenvalue weighted by molar-refractivity contribution is -0.224. The van der Waals surface area contributed by atoms with Gasteiger partial charge in [0.05, 0.1) is 0 Å². The molecule has 1 aliphatic carbocycles. The van der Waals surface area contributed by atoms with Crippen LogP contribution in [0.5, 0.6) is 5.75 Å². The first-order chi connectivity index (χ1) is 14.9. The Labute approximate surface area is 181 Å². The van der Waals surface area contributed by atoms with Crippen LogP contribution in [0.1, 0.15) is 55.8 Å². The highest BCUT2D eigenvalue weighted by Gasteiger charge is 2.36. The summed E-state index contributed by atoms with van der Waals surface area (Å²) in [5, 5.41) is 0.925. The molecule has 4 rings (SSSR count). The van der Waals surface area contributed by atoms with Crippen molar-refractivity contribution in [2.45, 2.75) is 50.4 Å². The van der Waals surface area contributed by atoms with E-state index >= 15 is 0 Å². The molecule has 1 aromatic heterocycles. The maximum Gasteiger partial charge on any atom is 0.248 e. The average molecular weight is 426 g/mol. The summed E-state index contributed by atoms with van der Waals surface area (Å²) >= 11 is 0. The molecule has 0 spiro atoms. The number of hydrogen-bond donors (Lipinski definition) is 1. The second-order valence-electron chi connectivity index (χ2n) is 8.24. The molecule has 1 heterocycles. The number of hydrogen-bond acceptors (Lipinski definition) is 4. The van der Waals surface area contributed by atoms with Crippen LogP contribution in [-0.2, 0) is 9.47 Å². The molecular formula is C25H28FNO4. The number of H-pyrrole nitrogens is 1. The van der Waals surface area contributed by atoms with Crippen molar-refractivity contribution in [3.05, 3.63) is 75.8 Å². The van der Waals surface area contributed by atoms with Crippen molar-refractivity contribution >= 4 is 10.9 Å². The van der Waals surface area contributed by atoms with Gasteiger partial charge in [0.15, 0.2) is 5.79 Å². The van der Waals surface area contributed by atoms with Gasteiger partial charge in [-0.2, -0.15) is 0 Å². The van der Waals surface area contributed by atoms with E-state index in [0.717, 1.165) is 47.7 Å². The highest BCUT2D eigenvalue weighted by atomic mass is 19.1. The number of fused-ring (bicyclic) bond motifs is 1. The molecule has 1 atom stereocenters. The highest BCUT2D eigenvalue weighted by Crippen LogP contribution is 2.41. The zero-order valence-electron chi connectivity index (χ0n) is 18.1. The van der Waals surface area contributed by atoms with Gasteiger partial charge in [-0.05, 0) is 72.5 Å². The molecule has 3 aromatic rings. The van der Waals surface area contributed by atoms with Crippen LogP contribution in [0.15, 0.2) is 53.3 Å². The van der Waals surface area contributed by atoms with Crippen molar-refractivity contribution in [3.8, 4) is 5.75 Å². The van der Waals surface area contributed by atoms with Crippen LogP contribution < -0.4 is 10.3 Å². The Morgan fingerprint density at radius 3 is 2.48 bits per heavy atom. The van der Waals surface area contributed by atoms with Gasteiger partial charge in [0, 0.05) is 44.7 Å². The molecule has 5 nitrogen and oxygen atoms in total. The average Bonchev–Trinajstić information content (AvgIpc) is 2.78. The summed E-state index contributed by atoms with van der Waals surface area (Å²) in [6.45, 7) is 1.93. The minimum Gasteiger partial charge on any atom is -0.486 e. The number of benzene rings is 2. The Bertz CT molecular complexity index is 1110. The maximum absolute atomic E-state index is 14.4. The molecule has 0 radical (unpaired) electrons. The fourth-order valence-corrected chi connectivity index (χ4v) is 4.47. The zero-order chi connectivity index (χ0) is 22.0. The predicted octanol–water partition coefficient (Wildman–Crippen LogP) is 5.45. The van der Waals surface area contributed by atoms with Gasteiger partial charge in [0.25, 0.3) is 0 Å². The quantitative estimate of drug-likeness (QED) is 0.533. The first-order valence-corrected chi connectivity index (χ1v) is 10.6. The highest BCUT2D eigenvalue weighted by molar-refractivity contribution is 5.79. The van der Waals surface area contributed by atoms with Gasteiger partial charge in [-0.15, -0.1) is 0 Å². The van der Waals surface area contributed by atoms with Crippen molar-refractivity contribution in [1.82, 2.24) is 4.98 Å². The van der Waals surface area contributed by atoms with Crippen molar-refractivity contribution in [1.29, 1.82) is 0 Å². The first kappa shape index (κ1) is 21.5. The number of methoxy groups -OCH3 is 2. The normalized spacial score (nSPS) is 17.5. The van der Waals surface area contributed by atoms with Gasteiger partial charge in [-0.25, -0.2) is 4.39 Å². The Balaban J connectivity index is 1.51. The molecule has 1 aliphatic rings. The third-order valence-electron chi connectivity index (χ3n) is 6.39. The van der Waals surface area contributed by atoms with Crippen LogP contribution in [0.3, 0.4) is 0 Å². The summed E-state index contributed by atoms with van der Waals surface area (Å²) in [5.41, 5.74) is 2.54. The van der Waals surface area contributed by atoms with E-state index in [1.165, 1.54) is 12.1 Å². The molecule has 1 unspecified atom stereocenters. The molecule has 0 amide bonds. The van der Waals surface area contributed by atoms with E-state index in [1.54, 1.807) is 26.4 Å². The fraction of sp³-hybridized carbons (Fsp3) is 0.400. The number of aromatic nitrogens is 1. The first-order valence-electron chi connectivity index (χ1n) is 10.6. The summed E-state index contributed by atoms with van der Waals surface area (Å²) < 4.78 is 31.6. The Kier molecular flexibility index (Phi) is 6.12. The van der Waals surface area contributed by atoms with E-state index in [4.69, 9.17) is 14.2 Å². The van der Waals surface area contributed by atoms with Gasteiger partial charge in [0.2, 0.25) is 5.56 Å². The van der Waals surface area contributed by atoms with Crippen LogP contribution in [-0.4, -0.2) is 25.0 Å². The molecule has 2 aromatic carbocycles. The Hall–Kier alpha value is -2.70. The van der Waals surface area contributed by atoms with Crippen molar-refractivity contribution < 1.29 is 18.6 Å². The lowest BCUT2D eigenvalue weighted by Gasteiger charge is -2.38. The molecule has 0 saturated heterocycles. The van der Waals surface area contributed by atoms with Crippen molar-refractivity contribution in [2.24, 2.45) is 0 Å². The van der Waals surface area contributed by atoms with E-state index in [9.17, 15) is 9.18 Å². The van der Waals surface area contributed by atoms with Gasteiger partial charge in [0.1, 0.15) is 17.7 Å². The molecule has 31 heavy (non-hydrogen) atoms. The monoisotopic (exact) mass is 425 g/mol. The van der Waals surface area contributed by atoms with Gasteiger partial charge in [-0.1, -0.05) is 6.07 Å². The van der Waals surface area contributed by atoms with Crippen LogP contribution in [0.4, 0.5) is 4.39 Å². The minimum atomic E-state index is -0.530. The van der Waals surface area contributed by atoms with Crippen LogP contribution in [0, 0.1) is 5.82 Å². The Morgan fingerprint density at radius 1 is 1.03 bits per heavy atom. The van der Waals surface area contributed by atoms with E-state index in [-0.39, 0.29) is 23.4 Å². The number of aromatic amines is 1. The second kappa shape index (κ2) is 8.81.